The zero-order valence-corrected chi connectivity index (χ0v) is 41.9. The molecule has 12 aromatic rings. The van der Waals surface area contributed by atoms with Crippen molar-refractivity contribution in [1.82, 2.24) is 19.5 Å². The Labute approximate surface area is 429 Å². The van der Waals surface area contributed by atoms with E-state index >= 15 is 0 Å². The maximum atomic E-state index is 5.31. The normalized spacial score (nSPS) is 12.8. The summed E-state index contributed by atoms with van der Waals surface area (Å²) in [7, 11) is -6.40. The van der Waals surface area contributed by atoms with Gasteiger partial charge in [-0.25, -0.2) is 4.98 Å². The van der Waals surface area contributed by atoms with E-state index in [0.29, 0.717) is 0 Å². The smallest absolute Gasteiger partial charge is 0.318 e. The van der Waals surface area contributed by atoms with Crippen molar-refractivity contribution in [2.45, 2.75) is 0 Å². The Hall–Kier alpha value is -8.09. The van der Waals surface area contributed by atoms with Crippen LogP contribution in [0.15, 0.2) is 261 Å². The minimum Gasteiger partial charge on any atom is -0.318 e. The third-order valence-corrected chi connectivity index (χ3v) is 23.6. The van der Waals surface area contributed by atoms with Gasteiger partial charge in [-0.05, 0) is 62.3 Å². The number of pyridine rings is 1. The van der Waals surface area contributed by atoms with Crippen molar-refractivity contribution < 1.29 is 20.4 Å². The van der Waals surface area contributed by atoms with Crippen LogP contribution in [-0.4, -0.2) is 35.7 Å². The molecule has 4 heterocycles. The average molecular weight is 1030 g/mol. The van der Waals surface area contributed by atoms with Crippen molar-refractivity contribution in [2.75, 3.05) is 4.90 Å². The van der Waals surface area contributed by atoms with Crippen molar-refractivity contribution in [3.8, 4) is 16.9 Å². The van der Waals surface area contributed by atoms with Gasteiger partial charge in [0, 0.05) is 63.5 Å². The first-order chi connectivity index (χ1) is 34.8. The van der Waals surface area contributed by atoms with Gasteiger partial charge in [-0.15, -0.1) is 41.1 Å². The monoisotopic (exact) mass is 1030 g/mol. The predicted molar refractivity (Wildman–Crippen MR) is 293 cm³/mol. The van der Waals surface area contributed by atoms with Crippen LogP contribution in [0.4, 0.5) is 17.1 Å². The zero-order chi connectivity index (χ0) is 46.5. The van der Waals surface area contributed by atoms with Crippen molar-refractivity contribution in [2.24, 2.45) is 0 Å². The van der Waals surface area contributed by atoms with E-state index in [1.54, 1.807) is 12.4 Å². The molecule has 1 aliphatic heterocycles. The van der Waals surface area contributed by atoms with Gasteiger partial charge >= 0.3 is 20.4 Å². The Morgan fingerprint density at radius 3 is 1.72 bits per heavy atom. The summed E-state index contributed by atoms with van der Waals surface area (Å²) in [6.07, 6.45) is 7.21. The Kier molecular flexibility index (Phi) is 11.4. The molecular weight excluding hydrogens is 989 g/mol. The SMILES string of the molecule is [Pd+2].[c-]1c(-c2cnccn2)cccc1[Si](c1[c-]c(-n2c3ncccc3c3ccc4c(c32)[Si](c2ccccc2)(c2ccccc2)c2ccccc2N4c2ccccc2)ccc1)(c1ccccc1)c1ccccc1. The summed E-state index contributed by atoms with van der Waals surface area (Å²) in [5, 5.41) is 12.2. The van der Waals surface area contributed by atoms with Crippen molar-refractivity contribution in [3.63, 3.8) is 0 Å². The van der Waals surface area contributed by atoms with Crippen LogP contribution in [0.1, 0.15) is 0 Å². The van der Waals surface area contributed by atoms with Crippen molar-refractivity contribution in [1.29, 1.82) is 0 Å². The second-order valence-corrected chi connectivity index (χ2v) is 25.2. The summed E-state index contributed by atoms with van der Waals surface area (Å²) in [6, 6.07) is 94.9. The van der Waals surface area contributed by atoms with E-state index in [2.05, 4.69) is 263 Å². The summed E-state index contributed by atoms with van der Waals surface area (Å²) >= 11 is 0. The third-order valence-electron chi connectivity index (χ3n) is 14.1. The zero-order valence-electron chi connectivity index (χ0n) is 38.4. The number of nitrogens with zero attached hydrogens (tertiary/aromatic N) is 5. The molecule has 0 saturated carbocycles. The first-order valence-corrected chi connectivity index (χ1v) is 27.7. The van der Waals surface area contributed by atoms with Gasteiger partial charge in [0.25, 0.3) is 0 Å². The van der Waals surface area contributed by atoms with Crippen LogP contribution in [-0.2, 0) is 20.4 Å². The van der Waals surface area contributed by atoms with Crippen molar-refractivity contribution in [3.05, 3.63) is 274 Å². The Bertz CT molecular complexity index is 3760. The number of hydrogen-bond acceptors (Lipinski definition) is 4. The molecule has 0 bridgehead atoms. The molecule has 71 heavy (non-hydrogen) atoms. The fourth-order valence-electron chi connectivity index (χ4n) is 11.4. The van der Waals surface area contributed by atoms with Crippen LogP contribution in [0.2, 0.25) is 0 Å². The first-order valence-electron chi connectivity index (χ1n) is 23.7. The number of hydrogen-bond donors (Lipinski definition) is 0. The van der Waals surface area contributed by atoms with E-state index in [4.69, 9.17) is 9.97 Å². The number of anilines is 3. The summed E-state index contributed by atoms with van der Waals surface area (Å²) in [5.74, 6) is 0. The van der Waals surface area contributed by atoms with Crippen LogP contribution in [0.25, 0.3) is 38.9 Å². The molecule has 5 nitrogen and oxygen atoms in total. The van der Waals surface area contributed by atoms with Gasteiger partial charge in [0.05, 0.1) is 5.52 Å². The maximum Gasteiger partial charge on any atom is 2.00 e. The second kappa shape index (κ2) is 18.3. The standard InChI is InChI=1S/C63H43N5Si2.Pd/c1-6-22-47(23-7-1)67-58-36-16-17-37-60(58)70(51-29-12-4-13-30-51,52-31-14-5-15-32-52)62-59(67)39-38-55-56-35-20-40-66-63(56)68(61(55)62)48-24-19-34-54(44-48)69(49-25-8-2-9-26-49,50-27-10-3-11-28-50)53-33-18-21-46(43-53)57-45-64-41-42-65-57;/h1-42,45H;/q-2;+2. The van der Waals surface area contributed by atoms with E-state index in [1.165, 1.54) is 36.8 Å². The van der Waals surface area contributed by atoms with Gasteiger partial charge in [0.2, 0.25) is 0 Å². The van der Waals surface area contributed by atoms with Gasteiger partial charge in [0.15, 0.2) is 8.07 Å². The van der Waals surface area contributed by atoms with Crippen molar-refractivity contribution >= 4 is 96.6 Å². The molecule has 8 heteroatoms. The molecule has 1 aliphatic rings. The number of aromatic nitrogens is 4. The number of para-hydroxylation sites is 2. The van der Waals surface area contributed by atoms with Gasteiger partial charge in [-0.2, -0.15) is 23.4 Å². The van der Waals surface area contributed by atoms with Gasteiger partial charge in [-0.3, -0.25) is 4.98 Å². The van der Waals surface area contributed by atoms with E-state index in [-0.39, 0.29) is 20.4 Å². The van der Waals surface area contributed by atoms with Crippen LogP contribution in [0.3, 0.4) is 0 Å². The minimum absolute atomic E-state index is 0. The summed E-state index contributed by atoms with van der Waals surface area (Å²) < 4.78 is 2.44. The Morgan fingerprint density at radius 2 is 1.06 bits per heavy atom. The molecule has 9 aromatic carbocycles. The molecule has 0 aliphatic carbocycles. The fourth-order valence-corrected chi connectivity index (χ4v) is 21.2. The molecule has 0 saturated heterocycles. The summed E-state index contributed by atoms with van der Waals surface area (Å²) in [5.41, 5.74) is 8.08. The molecule has 0 amide bonds. The predicted octanol–water partition coefficient (Wildman–Crippen LogP) is 8.77. The molecular formula is C63H43N5PdSi2. The molecule has 0 N–H and O–H groups in total. The quantitative estimate of drug-likeness (QED) is 0.0825. The molecule has 0 spiro atoms. The average Bonchev–Trinajstić information content (AvgIpc) is 3.79. The molecule has 13 rings (SSSR count). The van der Waals surface area contributed by atoms with E-state index in [0.717, 1.165) is 60.6 Å². The second-order valence-electron chi connectivity index (χ2n) is 17.7. The molecule has 0 unspecified atom stereocenters. The van der Waals surface area contributed by atoms with E-state index in [9.17, 15) is 0 Å². The number of benzene rings is 9. The third kappa shape index (κ3) is 6.94. The van der Waals surface area contributed by atoms with Gasteiger partial charge < -0.3 is 14.5 Å². The number of fused-ring (bicyclic) bond motifs is 6. The molecule has 0 radical (unpaired) electrons. The molecule has 0 atom stereocenters. The minimum atomic E-state index is -3.20. The van der Waals surface area contributed by atoms with Crippen LogP contribution in [0.5, 0.6) is 0 Å². The molecule has 0 fully saturated rings. The summed E-state index contributed by atoms with van der Waals surface area (Å²) in [6.45, 7) is 0. The largest absolute Gasteiger partial charge is 2.00 e. The molecule has 3 aromatic heterocycles. The fraction of sp³-hybridized carbons (Fsp3) is 0. The van der Waals surface area contributed by atoms with E-state index < -0.39 is 16.1 Å². The van der Waals surface area contributed by atoms with Gasteiger partial charge in [-0.1, -0.05) is 169 Å². The van der Waals surface area contributed by atoms with Gasteiger partial charge in [0.1, 0.15) is 13.7 Å². The summed E-state index contributed by atoms with van der Waals surface area (Å²) in [4.78, 5) is 17.0. The Morgan fingerprint density at radius 1 is 0.451 bits per heavy atom. The van der Waals surface area contributed by atoms with E-state index in [1.807, 2.05) is 12.4 Å². The molecule has 338 valence electrons. The first kappa shape index (κ1) is 44.1. The maximum absolute atomic E-state index is 5.31. The Balaban J connectivity index is 0.00000517. The topological polar surface area (TPSA) is 46.8 Å². The van der Waals surface area contributed by atoms with Crippen LogP contribution in [0, 0.1) is 12.1 Å². The van der Waals surface area contributed by atoms with Crippen LogP contribution < -0.4 is 46.4 Å². The van der Waals surface area contributed by atoms with Crippen LogP contribution >= 0.6 is 0 Å². The number of rotatable bonds is 9.